The Hall–Kier alpha value is -1.58. The van der Waals surface area contributed by atoms with E-state index in [2.05, 4.69) is 28.8 Å². The Kier molecular flexibility index (Phi) is 6.07. The average molecular weight is 235 g/mol. The van der Waals surface area contributed by atoms with E-state index in [9.17, 15) is 0 Å². The molecule has 0 radical (unpaired) electrons. The zero-order valence-electron chi connectivity index (χ0n) is 10.7. The molecule has 0 aromatic carbocycles. The molecule has 17 heavy (non-hydrogen) atoms. The fourth-order valence-electron chi connectivity index (χ4n) is 1.40. The van der Waals surface area contributed by atoms with Gasteiger partial charge >= 0.3 is 0 Å². The van der Waals surface area contributed by atoms with Gasteiger partial charge in [-0.2, -0.15) is 4.98 Å². The van der Waals surface area contributed by atoms with Gasteiger partial charge in [0.2, 0.25) is 5.88 Å². The third-order valence-corrected chi connectivity index (χ3v) is 2.15. The molecular formula is C13H21N3O. The van der Waals surface area contributed by atoms with E-state index in [-0.39, 0.29) is 0 Å². The number of nitrogens with zero attached hydrogens (tertiary/aromatic N) is 2. The summed E-state index contributed by atoms with van der Waals surface area (Å²) < 4.78 is 5.56. The van der Waals surface area contributed by atoms with Crippen molar-refractivity contribution >= 4 is 5.82 Å². The van der Waals surface area contributed by atoms with Crippen LogP contribution in [0.3, 0.4) is 0 Å². The van der Waals surface area contributed by atoms with E-state index < -0.39 is 0 Å². The largest absolute Gasteiger partial charge is 0.477 e. The Balaban J connectivity index is 2.75. The molecule has 1 heterocycles. The fraction of sp³-hybridized carbons (Fsp3) is 0.538. The number of rotatable bonds is 8. The molecule has 4 heteroatoms. The van der Waals surface area contributed by atoms with E-state index in [1.54, 1.807) is 0 Å². The van der Waals surface area contributed by atoms with Gasteiger partial charge in [-0.3, -0.25) is 0 Å². The van der Waals surface area contributed by atoms with Crippen molar-refractivity contribution in [2.45, 2.75) is 33.1 Å². The van der Waals surface area contributed by atoms with E-state index in [0.717, 1.165) is 37.4 Å². The number of hydrogen-bond acceptors (Lipinski definition) is 4. The Morgan fingerprint density at radius 3 is 2.88 bits per heavy atom. The van der Waals surface area contributed by atoms with Gasteiger partial charge in [-0.25, -0.2) is 4.98 Å². The highest BCUT2D eigenvalue weighted by Gasteiger charge is 2.04. The molecule has 0 saturated heterocycles. The fourth-order valence-corrected chi connectivity index (χ4v) is 1.40. The van der Waals surface area contributed by atoms with Crippen LogP contribution >= 0.6 is 0 Å². The van der Waals surface area contributed by atoms with Crippen LogP contribution in [0.2, 0.25) is 0 Å². The molecule has 0 spiro atoms. The molecule has 0 fully saturated rings. The maximum Gasteiger partial charge on any atom is 0.218 e. The van der Waals surface area contributed by atoms with Crippen molar-refractivity contribution in [3.8, 4) is 5.88 Å². The summed E-state index contributed by atoms with van der Waals surface area (Å²) in [5.41, 5.74) is 0. The number of ether oxygens (including phenoxy) is 1. The molecule has 4 nitrogen and oxygen atoms in total. The summed E-state index contributed by atoms with van der Waals surface area (Å²) >= 11 is 0. The van der Waals surface area contributed by atoms with E-state index in [1.165, 1.54) is 0 Å². The molecule has 1 aromatic rings. The topological polar surface area (TPSA) is 47.0 Å². The molecule has 94 valence electrons. The van der Waals surface area contributed by atoms with Gasteiger partial charge in [-0.15, -0.1) is 6.58 Å². The molecule has 0 bridgehead atoms. The third-order valence-electron chi connectivity index (χ3n) is 2.15. The molecule has 0 aliphatic rings. The highest BCUT2D eigenvalue weighted by Crippen LogP contribution is 2.14. The van der Waals surface area contributed by atoms with Crippen LogP contribution < -0.4 is 10.1 Å². The number of aryl methyl sites for hydroxylation is 1. The maximum absolute atomic E-state index is 5.56. The molecule has 0 aliphatic heterocycles. The monoisotopic (exact) mass is 235 g/mol. The molecular weight excluding hydrogens is 214 g/mol. The van der Waals surface area contributed by atoms with Gasteiger partial charge < -0.3 is 10.1 Å². The molecule has 0 atom stereocenters. The van der Waals surface area contributed by atoms with Crippen LogP contribution in [0.5, 0.6) is 5.88 Å². The second-order valence-corrected chi connectivity index (χ2v) is 3.71. The molecule has 0 saturated carbocycles. The SMILES string of the molecule is C=CCCOc1cc(NCC)nc(CCC)n1. The summed E-state index contributed by atoms with van der Waals surface area (Å²) in [4.78, 5) is 8.79. The number of anilines is 1. The first-order valence-corrected chi connectivity index (χ1v) is 6.15. The Morgan fingerprint density at radius 1 is 1.41 bits per heavy atom. The van der Waals surface area contributed by atoms with Crippen LogP contribution in [0.4, 0.5) is 5.82 Å². The van der Waals surface area contributed by atoms with Crippen LogP contribution in [-0.4, -0.2) is 23.1 Å². The first-order chi connectivity index (χ1) is 8.30. The lowest BCUT2D eigenvalue weighted by atomic mass is 10.3. The minimum Gasteiger partial charge on any atom is -0.477 e. The molecule has 1 aromatic heterocycles. The Bertz CT molecular complexity index is 328. The van der Waals surface area contributed by atoms with Crippen LogP contribution in [0.1, 0.15) is 32.5 Å². The van der Waals surface area contributed by atoms with Crippen molar-refractivity contribution in [2.24, 2.45) is 0 Å². The summed E-state index contributed by atoms with van der Waals surface area (Å²) in [5, 5.41) is 3.19. The molecule has 1 N–H and O–H groups in total. The lowest BCUT2D eigenvalue weighted by molar-refractivity contribution is 0.311. The first kappa shape index (κ1) is 13.5. The smallest absolute Gasteiger partial charge is 0.218 e. The summed E-state index contributed by atoms with van der Waals surface area (Å²) in [6, 6.07) is 1.84. The predicted molar refractivity (Wildman–Crippen MR) is 70.5 cm³/mol. The second kappa shape index (κ2) is 7.65. The zero-order chi connectivity index (χ0) is 12.5. The maximum atomic E-state index is 5.56. The minimum absolute atomic E-state index is 0.609. The number of aromatic nitrogens is 2. The molecule has 0 aliphatic carbocycles. The Labute approximate surface area is 103 Å². The van der Waals surface area contributed by atoms with Crippen molar-refractivity contribution in [1.82, 2.24) is 9.97 Å². The second-order valence-electron chi connectivity index (χ2n) is 3.71. The van der Waals surface area contributed by atoms with E-state index in [4.69, 9.17) is 4.74 Å². The average Bonchev–Trinajstić information content (AvgIpc) is 2.30. The van der Waals surface area contributed by atoms with Gasteiger partial charge in [0.05, 0.1) is 6.61 Å². The van der Waals surface area contributed by atoms with Crippen molar-refractivity contribution in [3.63, 3.8) is 0 Å². The molecule has 1 rings (SSSR count). The number of nitrogens with one attached hydrogen (secondary N) is 1. The Morgan fingerprint density at radius 2 is 2.24 bits per heavy atom. The number of hydrogen-bond donors (Lipinski definition) is 1. The van der Waals surface area contributed by atoms with Gasteiger partial charge in [0.25, 0.3) is 0 Å². The normalized spacial score (nSPS) is 10.0. The standard InChI is InChI=1S/C13H21N3O/c1-4-7-9-17-13-10-12(14-6-3)15-11(16-13)8-5-2/h4,10H,1,5-9H2,2-3H3,(H,14,15,16). The van der Waals surface area contributed by atoms with Gasteiger partial charge in [-0.05, 0) is 19.8 Å². The minimum atomic E-state index is 0.609. The predicted octanol–water partition coefficient (Wildman–Crippen LogP) is 2.82. The van der Waals surface area contributed by atoms with Crippen LogP contribution in [0, 0.1) is 0 Å². The van der Waals surface area contributed by atoms with Gasteiger partial charge in [0.1, 0.15) is 11.6 Å². The van der Waals surface area contributed by atoms with Crippen LogP contribution in [0.25, 0.3) is 0 Å². The highest BCUT2D eigenvalue weighted by atomic mass is 16.5. The van der Waals surface area contributed by atoms with Gasteiger partial charge in [0.15, 0.2) is 0 Å². The van der Waals surface area contributed by atoms with Crippen molar-refractivity contribution < 1.29 is 4.74 Å². The van der Waals surface area contributed by atoms with Crippen molar-refractivity contribution in [2.75, 3.05) is 18.5 Å². The zero-order valence-corrected chi connectivity index (χ0v) is 10.7. The van der Waals surface area contributed by atoms with E-state index in [0.29, 0.717) is 12.5 Å². The van der Waals surface area contributed by atoms with Crippen LogP contribution in [-0.2, 0) is 6.42 Å². The lowest BCUT2D eigenvalue weighted by Crippen LogP contribution is -2.06. The lowest BCUT2D eigenvalue weighted by Gasteiger charge is -2.09. The van der Waals surface area contributed by atoms with E-state index in [1.807, 2.05) is 19.1 Å². The molecule has 0 unspecified atom stereocenters. The van der Waals surface area contributed by atoms with Crippen molar-refractivity contribution in [3.05, 3.63) is 24.5 Å². The molecule has 0 amide bonds. The quantitative estimate of drug-likeness (QED) is 0.556. The van der Waals surface area contributed by atoms with Gasteiger partial charge in [-0.1, -0.05) is 13.0 Å². The summed E-state index contributed by atoms with van der Waals surface area (Å²) in [7, 11) is 0. The third kappa shape index (κ3) is 4.85. The summed E-state index contributed by atoms with van der Waals surface area (Å²) in [6.45, 7) is 9.27. The van der Waals surface area contributed by atoms with Gasteiger partial charge in [0, 0.05) is 19.0 Å². The first-order valence-electron chi connectivity index (χ1n) is 6.15. The van der Waals surface area contributed by atoms with Crippen LogP contribution in [0.15, 0.2) is 18.7 Å². The summed E-state index contributed by atoms with van der Waals surface area (Å²) in [6.07, 6.45) is 4.56. The highest BCUT2D eigenvalue weighted by molar-refractivity contribution is 5.38. The van der Waals surface area contributed by atoms with E-state index >= 15 is 0 Å². The van der Waals surface area contributed by atoms with Crippen molar-refractivity contribution in [1.29, 1.82) is 0 Å². The summed E-state index contributed by atoms with van der Waals surface area (Å²) in [5.74, 6) is 2.31.